The van der Waals surface area contributed by atoms with E-state index >= 15 is 0 Å². The van der Waals surface area contributed by atoms with E-state index in [2.05, 4.69) is 4.98 Å². The van der Waals surface area contributed by atoms with Crippen LogP contribution in [-0.4, -0.2) is 9.38 Å². The molecule has 0 N–H and O–H groups in total. The van der Waals surface area contributed by atoms with Crippen LogP contribution in [0.1, 0.15) is 5.56 Å². The van der Waals surface area contributed by atoms with E-state index in [4.69, 9.17) is 11.6 Å². The third-order valence-electron chi connectivity index (χ3n) is 2.56. The summed E-state index contributed by atoms with van der Waals surface area (Å²) >= 11 is 7.49. The lowest BCUT2D eigenvalue weighted by molar-refractivity contribution is 1.11. The molecule has 0 amide bonds. The van der Waals surface area contributed by atoms with Crippen LogP contribution in [0.4, 0.5) is 0 Å². The van der Waals surface area contributed by atoms with Crippen LogP contribution < -0.4 is 5.56 Å². The van der Waals surface area contributed by atoms with Crippen LogP contribution in [0, 0.1) is 6.92 Å². The molecule has 3 aromatic rings. The second-order valence-electron chi connectivity index (χ2n) is 3.56. The highest BCUT2D eigenvalue weighted by molar-refractivity contribution is 7.15. The summed E-state index contributed by atoms with van der Waals surface area (Å²) in [6.45, 7) is 1.93. The van der Waals surface area contributed by atoms with E-state index in [1.54, 1.807) is 12.3 Å². The van der Waals surface area contributed by atoms with E-state index < -0.39 is 0 Å². The van der Waals surface area contributed by atoms with Gasteiger partial charge in [0, 0.05) is 11.6 Å². The zero-order chi connectivity index (χ0) is 11.3. The lowest BCUT2D eigenvalue weighted by Crippen LogP contribution is -2.13. The highest BCUT2D eigenvalue weighted by Gasteiger charge is 2.11. The van der Waals surface area contributed by atoms with Crippen molar-refractivity contribution >= 4 is 38.8 Å². The Bertz CT molecular complexity index is 760. The molecule has 0 unspecified atom stereocenters. The van der Waals surface area contributed by atoms with Gasteiger partial charge in [-0.3, -0.25) is 9.20 Å². The van der Waals surface area contributed by atoms with Gasteiger partial charge in [-0.15, -0.1) is 11.3 Å². The van der Waals surface area contributed by atoms with Crippen molar-refractivity contribution in [1.82, 2.24) is 9.38 Å². The fourth-order valence-electron chi connectivity index (χ4n) is 1.74. The van der Waals surface area contributed by atoms with Gasteiger partial charge in [0.05, 0.1) is 15.9 Å². The number of nitrogens with zero attached hydrogens (tertiary/aromatic N) is 2. The predicted octanol–water partition coefficient (Wildman–Crippen LogP) is 2.87. The minimum absolute atomic E-state index is 0.102. The summed E-state index contributed by atoms with van der Waals surface area (Å²) in [5.74, 6) is 0. The minimum atomic E-state index is -0.102. The molecule has 5 heteroatoms. The van der Waals surface area contributed by atoms with Crippen LogP contribution in [0.3, 0.4) is 0 Å². The van der Waals surface area contributed by atoms with Crippen molar-refractivity contribution in [2.45, 2.75) is 6.92 Å². The molecule has 16 heavy (non-hydrogen) atoms. The Hall–Kier alpha value is -1.39. The summed E-state index contributed by atoms with van der Waals surface area (Å²) in [4.78, 5) is 17.3. The molecule has 3 nitrogen and oxygen atoms in total. The van der Waals surface area contributed by atoms with Crippen molar-refractivity contribution in [1.29, 1.82) is 0 Å². The topological polar surface area (TPSA) is 34.4 Å². The molecule has 80 valence electrons. The number of halogens is 1. The van der Waals surface area contributed by atoms with Gasteiger partial charge in [0.2, 0.25) is 0 Å². The SMILES string of the molecule is Cc1ccc(Cl)c2c(=O)n3ccsc3nc12. The van der Waals surface area contributed by atoms with Crippen molar-refractivity contribution in [3.8, 4) is 0 Å². The van der Waals surface area contributed by atoms with E-state index in [1.165, 1.54) is 15.7 Å². The molecule has 0 spiro atoms. The minimum Gasteiger partial charge on any atom is -0.268 e. The summed E-state index contributed by atoms with van der Waals surface area (Å²) in [7, 11) is 0. The second kappa shape index (κ2) is 3.30. The van der Waals surface area contributed by atoms with Crippen LogP contribution >= 0.6 is 22.9 Å². The Balaban J connectivity index is 2.72. The molecule has 0 saturated heterocycles. The predicted molar refractivity (Wildman–Crippen MR) is 66.6 cm³/mol. The van der Waals surface area contributed by atoms with Gasteiger partial charge >= 0.3 is 0 Å². The van der Waals surface area contributed by atoms with Gasteiger partial charge in [-0.2, -0.15) is 0 Å². The zero-order valence-corrected chi connectivity index (χ0v) is 9.97. The Morgan fingerprint density at radius 3 is 3.06 bits per heavy atom. The van der Waals surface area contributed by atoms with Gasteiger partial charge in [0.25, 0.3) is 5.56 Å². The van der Waals surface area contributed by atoms with Gasteiger partial charge in [0.15, 0.2) is 4.96 Å². The molecule has 2 aromatic heterocycles. The maximum absolute atomic E-state index is 12.2. The number of aromatic nitrogens is 2. The third-order valence-corrected chi connectivity index (χ3v) is 3.63. The van der Waals surface area contributed by atoms with Crippen LogP contribution in [-0.2, 0) is 0 Å². The lowest BCUT2D eigenvalue weighted by atomic mass is 10.1. The van der Waals surface area contributed by atoms with Crippen molar-refractivity contribution in [2.75, 3.05) is 0 Å². The average molecular weight is 251 g/mol. The molecule has 0 aliphatic carbocycles. The fraction of sp³-hybridized carbons (Fsp3) is 0.0909. The number of aryl methyl sites for hydroxylation is 1. The monoisotopic (exact) mass is 250 g/mol. The third kappa shape index (κ3) is 1.20. The molecule has 0 atom stereocenters. The first-order valence-electron chi connectivity index (χ1n) is 4.73. The van der Waals surface area contributed by atoms with Gasteiger partial charge in [0.1, 0.15) is 0 Å². The summed E-state index contributed by atoms with van der Waals surface area (Å²) in [6.07, 6.45) is 1.72. The first-order chi connectivity index (χ1) is 7.68. The van der Waals surface area contributed by atoms with Gasteiger partial charge in [-0.25, -0.2) is 4.98 Å². The van der Waals surface area contributed by atoms with Gasteiger partial charge in [-0.05, 0) is 18.6 Å². The Morgan fingerprint density at radius 2 is 2.25 bits per heavy atom. The van der Waals surface area contributed by atoms with Crippen molar-refractivity contribution < 1.29 is 0 Å². The molecule has 0 saturated carbocycles. The first kappa shape index (κ1) is 9.81. The quantitative estimate of drug-likeness (QED) is 0.615. The Kier molecular flexibility index (Phi) is 2.02. The van der Waals surface area contributed by atoms with Gasteiger partial charge in [-0.1, -0.05) is 17.7 Å². The van der Waals surface area contributed by atoms with Crippen LogP contribution in [0.5, 0.6) is 0 Å². The number of hydrogen-bond acceptors (Lipinski definition) is 3. The standard InChI is InChI=1S/C11H7ClN2OS/c1-6-2-3-7(12)8-9(6)13-11-14(10(8)15)4-5-16-11/h2-5H,1H3. The van der Waals surface area contributed by atoms with Crippen LogP contribution in [0.25, 0.3) is 15.9 Å². The largest absolute Gasteiger partial charge is 0.268 e. The van der Waals surface area contributed by atoms with E-state index in [0.717, 1.165) is 5.56 Å². The van der Waals surface area contributed by atoms with E-state index in [0.29, 0.717) is 20.9 Å². The summed E-state index contributed by atoms with van der Waals surface area (Å²) in [5, 5.41) is 2.79. The van der Waals surface area contributed by atoms with Crippen molar-refractivity contribution in [2.24, 2.45) is 0 Å². The average Bonchev–Trinajstić information content (AvgIpc) is 2.72. The Labute approximate surface area is 99.9 Å². The number of fused-ring (bicyclic) bond motifs is 2. The van der Waals surface area contributed by atoms with Crippen molar-refractivity contribution in [3.05, 3.63) is 44.6 Å². The van der Waals surface area contributed by atoms with E-state index in [9.17, 15) is 4.79 Å². The molecular formula is C11H7ClN2OS. The molecule has 0 aliphatic rings. The lowest BCUT2D eigenvalue weighted by Gasteiger charge is -2.03. The molecule has 0 fully saturated rings. The maximum atomic E-state index is 12.2. The zero-order valence-electron chi connectivity index (χ0n) is 8.40. The number of thiazole rings is 1. The number of benzene rings is 1. The van der Waals surface area contributed by atoms with Crippen LogP contribution in [0.2, 0.25) is 5.02 Å². The van der Waals surface area contributed by atoms with E-state index in [-0.39, 0.29) is 5.56 Å². The van der Waals surface area contributed by atoms with Crippen LogP contribution in [0.15, 0.2) is 28.5 Å². The second-order valence-corrected chi connectivity index (χ2v) is 4.84. The first-order valence-corrected chi connectivity index (χ1v) is 5.99. The maximum Gasteiger partial charge on any atom is 0.267 e. The molecule has 3 rings (SSSR count). The molecular weight excluding hydrogens is 244 g/mol. The number of rotatable bonds is 0. The summed E-state index contributed by atoms with van der Waals surface area (Å²) in [6, 6.07) is 3.61. The molecule has 1 aromatic carbocycles. The molecule has 0 bridgehead atoms. The smallest absolute Gasteiger partial charge is 0.267 e. The highest BCUT2D eigenvalue weighted by atomic mass is 35.5. The van der Waals surface area contributed by atoms with Crippen molar-refractivity contribution in [3.63, 3.8) is 0 Å². The molecule has 2 heterocycles. The van der Waals surface area contributed by atoms with Gasteiger partial charge < -0.3 is 0 Å². The fourth-order valence-corrected chi connectivity index (χ4v) is 2.68. The summed E-state index contributed by atoms with van der Waals surface area (Å²) in [5.41, 5.74) is 1.56. The molecule has 0 aliphatic heterocycles. The summed E-state index contributed by atoms with van der Waals surface area (Å²) < 4.78 is 1.53. The number of hydrogen-bond donors (Lipinski definition) is 0. The normalized spacial score (nSPS) is 11.4. The Morgan fingerprint density at radius 1 is 1.44 bits per heavy atom. The van der Waals surface area contributed by atoms with E-state index in [1.807, 2.05) is 18.4 Å². The highest BCUT2D eigenvalue weighted by Crippen LogP contribution is 2.23. The molecule has 0 radical (unpaired) electrons.